The van der Waals surface area contributed by atoms with Gasteiger partial charge in [-0.05, 0) is 24.3 Å². The number of nitrogens with one attached hydrogen (secondary N) is 1. The Balaban J connectivity index is 1.37. The van der Waals surface area contributed by atoms with Crippen LogP contribution in [0.1, 0.15) is 0 Å². The van der Waals surface area contributed by atoms with Gasteiger partial charge in [-0.25, -0.2) is 4.98 Å². The van der Waals surface area contributed by atoms with E-state index in [4.69, 9.17) is 21.1 Å². The van der Waals surface area contributed by atoms with E-state index in [-0.39, 0.29) is 12.5 Å². The van der Waals surface area contributed by atoms with Crippen LogP contribution in [0.25, 0.3) is 10.8 Å². The molecule has 1 N–H and O–H groups in total. The summed E-state index contributed by atoms with van der Waals surface area (Å²) in [4.78, 5) is 18.8. The quantitative estimate of drug-likeness (QED) is 0.710. The predicted molar refractivity (Wildman–Crippen MR) is 110 cm³/mol. The summed E-state index contributed by atoms with van der Waals surface area (Å²) in [6, 6.07) is 14.9. The maximum Gasteiger partial charge on any atom is 0.263 e. The zero-order valence-corrected chi connectivity index (χ0v) is 16.0. The SMILES string of the molecule is O=C(COc1ccc(Cl)c2ccccc12)Nc1ccc(N2CCOCC2)cn1. The Morgan fingerprint density at radius 1 is 1.11 bits per heavy atom. The van der Waals surface area contributed by atoms with E-state index in [2.05, 4.69) is 15.2 Å². The molecule has 1 aliphatic heterocycles. The standard InChI is InChI=1S/C21H20ClN3O3/c22-18-6-7-19(17-4-2-1-3-16(17)18)28-14-21(26)24-20-8-5-15(13-23-20)25-9-11-27-12-10-25/h1-8,13H,9-12,14H2,(H,23,24,26). The van der Waals surface area contributed by atoms with Crippen LogP contribution in [0.5, 0.6) is 5.75 Å². The van der Waals surface area contributed by atoms with Crippen LogP contribution < -0.4 is 15.0 Å². The summed E-state index contributed by atoms with van der Waals surface area (Å²) in [5.41, 5.74) is 1.02. The van der Waals surface area contributed by atoms with E-state index in [0.29, 0.717) is 16.6 Å². The fourth-order valence-corrected chi connectivity index (χ4v) is 3.38. The molecule has 7 heteroatoms. The summed E-state index contributed by atoms with van der Waals surface area (Å²) in [6.45, 7) is 3.01. The van der Waals surface area contributed by atoms with Crippen LogP contribution in [-0.2, 0) is 9.53 Å². The van der Waals surface area contributed by atoms with Gasteiger partial charge in [-0.15, -0.1) is 0 Å². The number of pyridine rings is 1. The van der Waals surface area contributed by atoms with Crippen LogP contribution in [-0.4, -0.2) is 43.8 Å². The van der Waals surface area contributed by atoms with E-state index >= 15 is 0 Å². The van der Waals surface area contributed by atoms with E-state index in [1.807, 2.05) is 30.3 Å². The number of hydrogen-bond acceptors (Lipinski definition) is 5. The molecule has 4 rings (SSSR count). The van der Waals surface area contributed by atoms with Crippen molar-refractivity contribution in [2.45, 2.75) is 0 Å². The number of amides is 1. The number of aromatic nitrogens is 1. The number of nitrogens with zero attached hydrogens (tertiary/aromatic N) is 2. The van der Waals surface area contributed by atoms with Gasteiger partial charge in [0.05, 0.1) is 25.1 Å². The third-order valence-corrected chi connectivity index (χ3v) is 4.91. The lowest BCUT2D eigenvalue weighted by molar-refractivity contribution is -0.118. The monoisotopic (exact) mass is 397 g/mol. The van der Waals surface area contributed by atoms with Gasteiger partial charge < -0.3 is 19.7 Å². The number of rotatable bonds is 5. The molecule has 6 nitrogen and oxygen atoms in total. The molecule has 1 aliphatic rings. The van der Waals surface area contributed by atoms with Crippen molar-refractivity contribution in [1.82, 2.24) is 4.98 Å². The molecule has 1 saturated heterocycles. The molecule has 0 bridgehead atoms. The van der Waals surface area contributed by atoms with E-state index in [1.54, 1.807) is 24.4 Å². The van der Waals surface area contributed by atoms with E-state index < -0.39 is 0 Å². The minimum absolute atomic E-state index is 0.113. The molecule has 1 amide bonds. The van der Waals surface area contributed by atoms with Crippen molar-refractivity contribution in [2.75, 3.05) is 43.1 Å². The molecular weight excluding hydrogens is 378 g/mol. The molecule has 0 radical (unpaired) electrons. The number of fused-ring (bicyclic) bond motifs is 1. The number of ether oxygens (including phenoxy) is 2. The third kappa shape index (κ3) is 4.18. The third-order valence-electron chi connectivity index (χ3n) is 4.58. The lowest BCUT2D eigenvalue weighted by Gasteiger charge is -2.28. The number of carbonyl (C=O) groups excluding carboxylic acids is 1. The minimum atomic E-state index is -0.273. The molecular formula is C21H20ClN3O3. The van der Waals surface area contributed by atoms with Crippen LogP contribution >= 0.6 is 11.6 Å². The van der Waals surface area contributed by atoms with Crippen molar-refractivity contribution in [3.63, 3.8) is 0 Å². The Kier molecular flexibility index (Phi) is 5.60. The summed E-state index contributed by atoms with van der Waals surface area (Å²) in [5, 5.41) is 5.17. The average Bonchev–Trinajstić information content (AvgIpc) is 2.75. The molecule has 1 fully saturated rings. The van der Waals surface area contributed by atoms with Gasteiger partial charge in [0.15, 0.2) is 6.61 Å². The Hall–Kier alpha value is -2.83. The van der Waals surface area contributed by atoms with Crippen molar-refractivity contribution < 1.29 is 14.3 Å². The molecule has 0 saturated carbocycles. The number of morpholine rings is 1. The lowest BCUT2D eigenvalue weighted by atomic mass is 10.1. The average molecular weight is 398 g/mol. The highest BCUT2D eigenvalue weighted by Gasteiger charge is 2.12. The van der Waals surface area contributed by atoms with E-state index in [0.717, 1.165) is 42.8 Å². The van der Waals surface area contributed by atoms with Crippen molar-refractivity contribution in [1.29, 1.82) is 0 Å². The highest BCUT2D eigenvalue weighted by atomic mass is 35.5. The first kappa shape index (κ1) is 18.5. The lowest BCUT2D eigenvalue weighted by Crippen LogP contribution is -2.36. The summed E-state index contributed by atoms with van der Waals surface area (Å²) >= 11 is 6.21. The van der Waals surface area contributed by atoms with Crippen LogP contribution in [0.2, 0.25) is 5.02 Å². The number of benzene rings is 2. The van der Waals surface area contributed by atoms with E-state index in [9.17, 15) is 4.79 Å². The fraction of sp³-hybridized carbons (Fsp3) is 0.238. The Labute approximate surface area is 168 Å². The molecule has 0 aliphatic carbocycles. The fourth-order valence-electron chi connectivity index (χ4n) is 3.15. The normalized spacial score (nSPS) is 14.1. The topological polar surface area (TPSA) is 63.7 Å². The molecule has 2 heterocycles. The van der Waals surface area contributed by atoms with E-state index in [1.165, 1.54) is 0 Å². The van der Waals surface area contributed by atoms with Gasteiger partial charge in [-0.1, -0.05) is 35.9 Å². The predicted octanol–water partition coefficient (Wildman–Crippen LogP) is 3.74. The van der Waals surface area contributed by atoms with Crippen molar-refractivity contribution in [3.05, 3.63) is 59.8 Å². The molecule has 2 aromatic carbocycles. The summed E-state index contributed by atoms with van der Waals surface area (Å²) in [7, 11) is 0. The molecule has 28 heavy (non-hydrogen) atoms. The number of hydrogen-bond donors (Lipinski definition) is 1. The van der Waals surface area contributed by atoms with Gasteiger partial charge in [0, 0.05) is 28.9 Å². The van der Waals surface area contributed by atoms with Crippen LogP contribution in [0.3, 0.4) is 0 Å². The van der Waals surface area contributed by atoms with Crippen molar-refractivity contribution >= 4 is 39.8 Å². The number of anilines is 2. The van der Waals surface area contributed by atoms with Crippen molar-refractivity contribution in [3.8, 4) is 5.75 Å². The van der Waals surface area contributed by atoms with Gasteiger partial charge in [-0.3, -0.25) is 4.79 Å². The molecule has 0 unspecified atom stereocenters. The second-order valence-corrected chi connectivity index (χ2v) is 6.84. The van der Waals surface area contributed by atoms with Crippen LogP contribution in [0.4, 0.5) is 11.5 Å². The zero-order valence-electron chi connectivity index (χ0n) is 15.2. The number of halogens is 1. The van der Waals surface area contributed by atoms with Gasteiger partial charge in [0.1, 0.15) is 11.6 Å². The molecule has 0 atom stereocenters. The van der Waals surface area contributed by atoms with Crippen LogP contribution in [0.15, 0.2) is 54.7 Å². The van der Waals surface area contributed by atoms with Crippen molar-refractivity contribution in [2.24, 2.45) is 0 Å². The molecule has 144 valence electrons. The minimum Gasteiger partial charge on any atom is -0.483 e. The second kappa shape index (κ2) is 8.46. The molecule has 3 aromatic rings. The Morgan fingerprint density at radius 3 is 2.64 bits per heavy atom. The Morgan fingerprint density at radius 2 is 1.89 bits per heavy atom. The summed E-state index contributed by atoms with van der Waals surface area (Å²) in [6.07, 6.45) is 1.76. The maximum absolute atomic E-state index is 12.2. The highest BCUT2D eigenvalue weighted by molar-refractivity contribution is 6.35. The first-order chi connectivity index (χ1) is 13.7. The molecule has 0 spiro atoms. The maximum atomic E-state index is 12.2. The second-order valence-electron chi connectivity index (χ2n) is 6.43. The Bertz CT molecular complexity index is 972. The first-order valence-corrected chi connectivity index (χ1v) is 9.47. The van der Waals surface area contributed by atoms with Crippen LogP contribution in [0, 0.1) is 0 Å². The number of carbonyl (C=O) groups is 1. The zero-order chi connectivity index (χ0) is 19.3. The largest absolute Gasteiger partial charge is 0.483 e. The van der Waals surface area contributed by atoms with Gasteiger partial charge in [-0.2, -0.15) is 0 Å². The van der Waals surface area contributed by atoms with Gasteiger partial charge >= 0.3 is 0 Å². The summed E-state index contributed by atoms with van der Waals surface area (Å²) in [5.74, 6) is 0.836. The highest BCUT2D eigenvalue weighted by Crippen LogP contribution is 2.31. The first-order valence-electron chi connectivity index (χ1n) is 9.09. The smallest absolute Gasteiger partial charge is 0.263 e. The summed E-state index contributed by atoms with van der Waals surface area (Å²) < 4.78 is 11.1. The van der Waals surface area contributed by atoms with Gasteiger partial charge in [0.25, 0.3) is 5.91 Å². The van der Waals surface area contributed by atoms with Gasteiger partial charge in [0.2, 0.25) is 0 Å². The molecule has 1 aromatic heterocycles.